The molecule has 0 aromatic carbocycles. The monoisotopic (exact) mass is 168 g/mol. The van der Waals surface area contributed by atoms with Gasteiger partial charge in [-0.15, -0.1) is 0 Å². The topological polar surface area (TPSA) is 32.3 Å². The molecule has 3 nitrogen and oxygen atoms in total. The van der Waals surface area contributed by atoms with E-state index in [1.54, 1.807) is 0 Å². The molecule has 1 saturated carbocycles. The van der Waals surface area contributed by atoms with Gasteiger partial charge in [-0.2, -0.15) is 0 Å². The van der Waals surface area contributed by atoms with Gasteiger partial charge >= 0.3 is 6.03 Å². The first kappa shape index (κ1) is 7.90. The third-order valence-corrected chi connectivity index (χ3v) is 3.00. The maximum atomic E-state index is 11.4. The Morgan fingerprint density at radius 1 is 1.58 bits per heavy atom. The van der Waals surface area contributed by atoms with Crippen molar-refractivity contribution in [1.82, 2.24) is 10.2 Å². The van der Waals surface area contributed by atoms with Gasteiger partial charge in [0.1, 0.15) is 0 Å². The fourth-order valence-corrected chi connectivity index (χ4v) is 2.43. The lowest BCUT2D eigenvalue weighted by Gasteiger charge is -2.26. The number of nitrogens with one attached hydrogen (secondary N) is 1. The third-order valence-electron chi connectivity index (χ3n) is 3.00. The van der Waals surface area contributed by atoms with Crippen molar-refractivity contribution in [3.05, 3.63) is 0 Å². The van der Waals surface area contributed by atoms with Gasteiger partial charge in [0, 0.05) is 19.1 Å². The van der Waals surface area contributed by atoms with Gasteiger partial charge in [-0.1, -0.05) is 0 Å². The molecule has 2 amide bonds. The van der Waals surface area contributed by atoms with Crippen molar-refractivity contribution in [3.8, 4) is 0 Å². The Morgan fingerprint density at radius 3 is 2.92 bits per heavy atom. The van der Waals surface area contributed by atoms with E-state index in [0.29, 0.717) is 6.04 Å². The van der Waals surface area contributed by atoms with Crippen molar-refractivity contribution in [3.63, 3.8) is 0 Å². The van der Waals surface area contributed by atoms with E-state index in [2.05, 4.69) is 5.32 Å². The van der Waals surface area contributed by atoms with E-state index < -0.39 is 0 Å². The van der Waals surface area contributed by atoms with Crippen LogP contribution in [0.25, 0.3) is 0 Å². The summed E-state index contributed by atoms with van der Waals surface area (Å²) in [6.45, 7) is 3.70. The quantitative estimate of drug-likeness (QED) is 0.627. The summed E-state index contributed by atoms with van der Waals surface area (Å²) in [6, 6.07) is 0.700. The smallest absolute Gasteiger partial charge is 0.317 e. The second-order valence-electron chi connectivity index (χ2n) is 3.82. The summed E-state index contributed by atoms with van der Waals surface area (Å²) >= 11 is 0. The minimum absolute atomic E-state index is 0.143. The van der Waals surface area contributed by atoms with Crippen molar-refractivity contribution in [2.24, 2.45) is 5.92 Å². The predicted molar refractivity (Wildman–Crippen MR) is 46.9 cm³/mol. The van der Waals surface area contributed by atoms with Crippen molar-refractivity contribution in [1.29, 1.82) is 0 Å². The molecule has 68 valence electrons. The molecule has 2 unspecified atom stereocenters. The highest BCUT2D eigenvalue weighted by Crippen LogP contribution is 2.37. The first-order valence-electron chi connectivity index (χ1n) is 4.85. The SMILES string of the molecule is CCNC(=O)N1CC2CCC1C2. The minimum Gasteiger partial charge on any atom is -0.338 e. The maximum absolute atomic E-state index is 11.4. The van der Waals surface area contributed by atoms with Gasteiger partial charge in [0.15, 0.2) is 0 Å². The van der Waals surface area contributed by atoms with Gasteiger partial charge in [0.25, 0.3) is 0 Å². The lowest BCUT2D eigenvalue weighted by Crippen LogP contribution is -2.44. The number of fused-ring (bicyclic) bond motifs is 2. The molecule has 12 heavy (non-hydrogen) atoms. The van der Waals surface area contributed by atoms with Crippen molar-refractivity contribution < 1.29 is 4.79 Å². The number of hydrogen-bond acceptors (Lipinski definition) is 1. The molecule has 2 bridgehead atoms. The van der Waals surface area contributed by atoms with E-state index in [1.807, 2.05) is 11.8 Å². The first-order valence-corrected chi connectivity index (χ1v) is 4.85. The van der Waals surface area contributed by atoms with Gasteiger partial charge in [-0.25, -0.2) is 4.79 Å². The van der Waals surface area contributed by atoms with Crippen LogP contribution in [-0.4, -0.2) is 30.1 Å². The van der Waals surface area contributed by atoms with Crippen LogP contribution < -0.4 is 5.32 Å². The largest absolute Gasteiger partial charge is 0.338 e. The minimum atomic E-state index is 0.143. The number of likely N-dealkylation sites (tertiary alicyclic amines) is 1. The summed E-state index contributed by atoms with van der Waals surface area (Å²) in [7, 11) is 0. The standard InChI is InChI=1S/C9H16N2O/c1-2-10-9(12)11-6-7-3-4-8(11)5-7/h7-8H,2-6H2,1H3,(H,10,12). The molecule has 1 N–H and O–H groups in total. The highest BCUT2D eigenvalue weighted by molar-refractivity contribution is 5.75. The molecule has 1 aliphatic carbocycles. The van der Waals surface area contributed by atoms with Gasteiger partial charge in [-0.05, 0) is 32.1 Å². The number of carbonyl (C=O) groups excluding carboxylic acids is 1. The number of amides is 2. The van der Waals surface area contributed by atoms with Crippen LogP contribution in [0.15, 0.2) is 0 Å². The zero-order chi connectivity index (χ0) is 8.55. The molecule has 1 aliphatic heterocycles. The lowest BCUT2D eigenvalue weighted by atomic mass is 10.1. The van der Waals surface area contributed by atoms with Crippen LogP contribution in [0.2, 0.25) is 0 Å². The number of carbonyl (C=O) groups is 1. The summed E-state index contributed by atoms with van der Waals surface area (Å²) in [4.78, 5) is 13.5. The van der Waals surface area contributed by atoms with E-state index in [-0.39, 0.29) is 6.03 Å². The zero-order valence-corrected chi connectivity index (χ0v) is 7.55. The maximum Gasteiger partial charge on any atom is 0.317 e. The van der Waals surface area contributed by atoms with Crippen molar-refractivity contribution >= 4 is 6.03 Å². The van der Waals surface area contributed by atoms with Crippen LogP contribution in [-0.2, 0) is 0 Å². The number of hydrogen-bond donors (Lipinski definition) is 1. The molecule has 1 saturated heterocycles. The van der Waals surface area contributed by atoms with Crippen LogP contribution in [0.3, 0.4) is 0 Å². The van der Waals surface area contributed by atoms with Crippen molar-refractivity contribution in [2.75, 3.05) is 13.1 Å². The molecule has 2 fully saturated rings. The van der Waals surface area contributed by atoms with E-state index in [4.69, 9.17) is 0 Å². The molecule has 2 rings (SSSR count). The van der Waals surface area contributed by atoms with Crippen LogP contribution in [0, 0.1) is 5.92 Å². The molecule has 0 aromatic rings. The first-order chi connectivity index (χ1) is 5.81. The Kier molecular flexibility index (Phi) is 1.95. The number of piperidine rings is 1. The molecular weight excluding hydrogens is 152 g/mol. The van der Waals surface area contributed by atoms with Gasteiger partial charge in [0.2, 0.25) is 0 Å². The Labute approximate surface area is 73.1 Å². The molecule has 2 aliphatic rings. The predicted octanol–water partition coefficient (Wildman–Crippen LogP) is 1.20. The summed E-state index contributed by atoms with van der Waals surface area (Å²) < 4.78 is 0. The Balaban J connectivity index is 1.93. The Bertz CT molecular complexity index is 193. The number of nitrogens with zero attached hydrogens (tertiary/aromatic N) is 1. The second-order valence-corrected chi connectivity index (χ2v) is 3.82. The van der Waals surface area contributed by atoms with Crippen LogP contribution >= 0.6 is 0 Å². The van der Waals surface area contributed by atoms with E-state index in [9.17, 15) is 4.79 Å². The van der Waals surface area contributed by atoms with Gasteiger partial charge in [0.05, 0.1) is 0 Å². The average Bonchev–Trinajstić information content (AvgIpc) is 2.64. The van der Waals surface area contributed by atoms with E-state index in [1.165, 1.54) is 19.3 Å². The number of rotatable bonds is 1. The van der Waals surface area contributed by atoms with Crippen molar-refractivity contribution in [2.45, 2.75) is 32.2 Å². The van der Waals surface area contributed by atoms with E-state index >= 15 is 0 Å². The summed E-state index contributed by atoms with van der Waals surface area (Å²) in [6.07, 6.45) is 3.81. The summed E-state index contributed by atoms with van der Waals surface area (Å²) in [5.41, 5.74) is 0. The fourth-order valence-electron chi connectivity index (χ4n) is 2.43. The molecule has 1 heterocycles. The fraction of sp³-hybridized carbons (Fsp3) is 0.889. The second kappa shape index (κ2) is 2.96. The molecular formula is C9H16N2O. The number of urea groups is 1. The molecule has 2 atom stereocenters. The van der Waals surface area contributed by atoms with Gasteiger partial charge < -0.3 is 10.2 Å². The summed E-state index contributed by atoms with van der Waals surface area (Å²) in [5.74, 6) is 0.803. The molecule has 0 spiro atoms. The highest BCUT2D eigenvalue weighted by Gasteiger charge is 2.39. The molecule has 0 aromatic heterocycles. The lowest BCUT2D eigenvalue weighted by molar-refractivity contribution is 0.181. The Morgan fingerprint density at radius 2 is 2.42 bits per heavy atom. The zero-order valence-electron chi connectivity index (χ0n) is 7.55. The normalized spacial score (nSPS) is 32.6. The third kappa shape index (κ3) is 1.17. The average molecular weight is 168 g/mol. The summed E-state index contributed by atoms with van der Waals surface area (Å²) in [5, 5.41) is 2.86. The van der Waals surface area contributed by atoms with Gasteiger partial charge in [-0.3, -0.25) is 0 Å². The molecule has 3 heteroatoms. The highest BCUT2D eigenvalue weighted by atomic mass is 16.2. The van der Waals surface area contributed by atoms with E-state index in [0.717, 1.165) is 19.0 Å². The van der Waals surface area contributed by atoms with Crippen LogP contribution in [0.4, 0.5) is 4.79 Å². The Hall–Kier alpha value is -0.730. The van der Waals surface area contributed by atoms with Crippen LogP contribution in [0.5, 0.6) is 0 Å². The van der Waals surface area contributed by atoms with Crippen LogP contribution in [0.1, 0.15) is 26.2 Å². The molecule has 0 radical (unpaired) electrons.